The molecule has 0 fully saturated rings. The summed E-state index contributed by atoms with van der Waals surface area (Å²) in [7, 11) is -2.75. The molecule has 0 saturated carbocycles. The molecule has 392 valence electrons. The normalized spacial score (nSPS) is 13.5. The Morgan fingerprint density at radius 3 is 1.67 bits per heavy atom. The molecule has 0 aliphatic rings. The summed E-state index contributed by atoms with van der Waals surface area (Å²) < 4.78 is 100. The average molecular weight is 1080 g/mol. The average Bonchev–Trinajstić information content (AvgIpc) is 1.46. The maximum Gasteiger partial charge on any atom is 0.269 e. The Kier molecular flexibility index (Phi) is 10.2. The van der Waals surface area contributed by atoms with E-state index in [1.807, 2.05) is 66.9 Å². The van der Waals surface area contributed by atoms with E-state index in [0.717, 1.165) is 44.3 Å². The van der Waals surface area contributed by atoms with Crippen LogP contribution in [0.25, 0.3) is 83.4 Å². The molecule has 0 N–H and O–H groups in total. The summed E-state index contributed by atoms with van der Waals surface area (Å²) in [6.07, 6.45) is 5.35. The molecule has 0 atom stereocenters. The molecule has 0 radical (unpaired) electrons. The molecule has 0 amide bonds. The van der Waals surface area contributed by atoms with Crippen LogP contribution in [0.5, 0.6) is 11.5 Å². The molecular formula is C76H58N4OSi. The predicted octanol–water partition coefficient (Wildman–Crippen LogP) is 15.7. The van der Waals surface area contributed by atoms with Crippen molar-refractivity contribution in [3.05, 3.63) is 309 Å². The first-order chi connectivity index (χ1) is 44.4. The lowest BCUT2D eigenvalue weighted by Crippen LogP contribution is -2.74. The third-order valence-electron chi connectivity index (χ3n) is 15.5. The van der Waals surface area contributed by atoms with Gasteiger partial charge in [-0.05, 0) is 120 Å². The van der Waals surface area contributed by atoms with Gasteiger partial charge in [0.05, 0.1) is 47.1 Å². The third-order valence-corrected chi connectivity index (χ3v) is 20.3. The number of pyridine rings is 1. The van der Waals surface area contributed by atoms with Gasteiger partial charge in [-0.25, -0.2) is 4.98 Å². The summed E-state index contributed by atoms with van der Waals surface area (Å²) in [6, 6.07) is 73.4. The van der Waals surface area contributed by atoms with Crippen LogP contribution in [0.3, 0.4) is 0 Å². The van der Waals surface area contributed by atoms with Crippen LogP contribution in [0, 0.1) is 6.33 Å². The maximum absolute atomic E-state index is 9.12. The van der Waals surface area contributed by atoms with E-state index in [-0.39, 0.29) is 33.4 Å². The van der Waals surface area contributed by atoms with Crippen molar-refractivity contribution < 1.29 is 23.0 Å². The number of ether oxygens (including phenoxy) is 1. The Morgan fingerprint density at radius 2 is 1.04 bits per heavy atom. The Balaban J connectivity index is 0.884. The van der Waals surface area contributed by atoms with Gasteiger partial charge in [-0.3, -0.25) is 13.7 Å². The monoisotopic (exact) mass is 1080 g/mol. The number of nitrogens with zero attached hydrogens (tertiary/aromatic N) is 4. The summed E-state index contributed by atoms with van der Waals surface area (Å²) >= 11 is 0. The molecule has 0 spiro atoms. The Morgan fingerprint density at radius 1 is 0.463 bits per heavy atom. The molecule has 0 bridgehead atoms. The first kappa shape index (κ1) is 40.1. The fraction of sp³-hybridized carbons (Fsp3) is 0.0526. The largest absolute Gasteiger partial charge is 0.458 e. The van der Waals surface area contributed by atoms with Gasteiger partial charge in [-0.2, -0.15) is 0 Å². The van der Waals surface area contributed by atoms with Gasteiger partial charge in [0.15, 0.2) is 8.07 Å². The molecule has 0 aliphatic carbocycles. The standard InChI is InChI=1S/C76H58N4OSi/c1-76(2,3)58-47-48-77-74(50-58)80-70-46-41-57(54-39-43-65(44-40-54)82(62-29-13-6-14-30-62,63-31-15-7-16-32-63)64-33-17-8-18-34-64)49-69(70)68-45-42-61(52-73(68)80)81-60-28-21-27-59(51-60)78-53-79(72-38-20-19-37-71(72)78)75-66(55-23-9-4-10-24-55)35-22-36-67(75)56-25-11-5-12-26-56/h4-52H,1-3H3/i4D,5D,9D,10D,11D,12D,23D,24D,25D,26D. The number of hydrogen-bond acceptors (Lipinski definition) is 2. The summed E-state index contributed by atoms with van der Waals surface area (Å²) in [4.78, 5) is 5.01. The summed E-state index contributed by atoms with van der Waals surface area (Å²) in [5.74, 6) is 1.83. The number of benzene rings is 11. The minimum atomic E-state index is -2.75. The van der Waals surface area contributed by atoms with Gasteiger partial charge in [-0.15, -0.1) is 0 Å². The molecule has 6 heteroatoms. The van der Waals surface area contributed by atoms with Gasteiger partial charge in [-0.1, -0.05) is 251 Å². The summed E-state index contributed by atoms with van der Waals surface area (Å²) in [5.41, 5.74) is 7.04. The van der Waals surface area contributed by atoms with Crippen LogP contribution in [0.4, 0.5) is 0 Å². The third kappa shape index (κ3) is 8.90. The maximum atomic E-state index is 9.12. The number of rotatable bonds is 12. The van der Waals surface area contributed by atoms with Crippen molar-refractivity contribution in [2.45, 2.75) is 26.2 Å². The molecule has 14 rings (SSSR count). The SMILES string of the molecule is [2H]c1c([2H])c([2H])c(-c2cccc(-c3c([2H])c([2H])c([2H])c([2H])c3[2H])c2-[n+]2[c-]n(-c3cccc(Oc4ccc5c6cc(-c7ccc([Si](c8ccccc8)(c8ccccc8)c8ccccc8)cc7)ccc6n(-c6cc(C(C)(C)C)ccn6)c5c4)c3)c3ccccc32)c([2H])c1[2H]. The summed E-state index contributed by atoms with van der Waals surface area (Å²) in [6.45, 7) is 6.59. The molecule has 5 nitrogen and oxygen atoms in total. The zero-order chi connectivity index (χ0) is 63.9. The highest BCUT2D eigenvalue weighted by Crippen LogP contribution is 2.39. The van der Waals surface area contributed by atoms with E-state index < -0.39 is 68.5 Å². The van der Waals surface area contributed by atoms with Gasteiger partial charge < -0.3 is 4.74 Å². The second kappa shape index (κ2) is 20.8. The van der Waals surface area contributed by atoms with Crippen LogP contribution >= 0.6 is 0 Å². The highest BCUT2D eigenvalue weighted by molar-refractivity contribution is 7.19. The molecular weight excluding hydrogens is 1010 g/mol. The van der Waals surface area contributed by atoms with Crippen molar-refractivity contribution in [2.24, 2.45) is 0 Å². The zero-order valence-electron chi connectivity index (χ0n) is 55.2. The van der Waals surface area contributed by atoms with Crippen LogP contribution in [0.2, 0.25) is 0 Å². The van der Waals surface area contributed by atoms with Crippen molar-refractivity contribution in [1.82, 2.24) is 14.1 Å². The molecule has 82 heavy (non-hydrogen) atoms. The lowest BCUT2D eigenvalue weighted by atomic mass is 9.88. The van der Waals surface area contributed by atoms with Crippen LogP contribution < -0.4 is 30.1 Å². The second-order valence-corrected chi connectivity index (χ2v) is 25.2. The first-order valence-corrected chi connectivity index (χ1v) is 29.3. The fourth-order valence-corrected chi connectivity index (χ4v) is 16.4. The number of aromatic nitrogens is 4. The van der Waals surface area contributed by atoms with Crippen molar-refractivity contribution in [2.75, 3.05) is 0 Å². The fourth-order valence-electron chi connectivity index (χ4n) is 11.7. The van der Waals surface area contributed by atoms with Gasteiger partial charge in [0.25, 0.3) is 6.33 Å². The predicted molar refractivity (Wildman–Crippen MR) is 341 cm³/mol. The smallest absolute Gasteiger partial charge is 0.269 e. The number of para-hydroxylation sites is 3. The van der Waals surface area contributed by atoms with Crippen molar-refractivity contribution in [1.29, 1.82) is 0 Å². The zero-order valence-corrected chi connectivity index (χ0v) is 46.2. The number of fused-ring (bicyclic) bond motifs is 4. The quantitative estimate of drug-likeness (QED) is 0.0529. The Labute approximate surface area is 494 Å². The number of hydrogen-bond donors (Lipinski definition) is 0. The van der Waals surface area contributed by atoms with Crippen LogP contribution in [0.15, 0.2) is 297 Å². The van der Waals surface area contributed by atoms with E-state index >= 15 is 0 Å². The highest BCUT2D eigenvalue weighted by Gasteiger charge is 2.41. The van der Waals surface area contributed by atoms with Crippen molar-refractivity contribution in [3.8, 4) is 62.1 Å². The van der Waals surface area contributed by atoms with Crippen LogP contribution in [0.1, 0.15) is 40.0 Å². The minimum Gasteiger partial charge on any atom is -0.458 e. The van der Waals surface area contributed by atoms with Gasteiger partial charge in [0.2, 0.25) is 0 Å². The van der Waals surface area contributed by atoms with E-state index in [0.29, 0.717) is 28.2 Å². The lowest BCUT2D eigenvalue weighted by Gasteiger charge is -2.34. The van der Waals surface area contributed by atoms with Gasteiger partial charge >= 0.3 is 0 Å². The highest BCUT2D eigenvalue weighted by atomic mass is 28.3. The molecule has 0 unspecified atom stereocenters. The van der Waals surface area contributed by atoms with Gasteiger partial charge in [0.1, 0.15) is 17.3 Å². The van der Waals surface area contributed by atoms with E-state index in [1.54, 1.807) is 27.3 Å². The molecule has 0 saturated heterocycles. The summed E-state index contributed by atoms with van der Waals surface area (Å²) in [5, 5.41) is 7.28. The van der Waals surface area contributed by atoms with Crippen LogP contribution in [-0.2, 0) is 5.41 Å². The van der Waals surface area contributed by atoms with Crippen molar-refractivity contribution >= 4 is 61.7 Å². The number of imidazole rings is 1. The Hall–Kier alpha value is -10.1. The molecule has 3 aromatic heterocycles. The topological polar surface area (TPSA) is 35.9 Å². The van der Waals surface area contributed by atoms with Crippen molar-refractivity contribution in [3.63, 3.8) is 0 Å². The minimum absolute atomic E-state index is 0.136. The van der Waals surface area contributed by atoms with Crippen LogP contribution in [-0.4, -0.2) is 22.2 Å². The van der Waals surface area contributed by atoms with Gasteiger partial charge in [0, 0.05) is 23.0 Å². The van der Waals surface area contributed by atoms with E-state index in [2.05, 4.69) is 183 Å². The molecule has 3 heterocycles. The van der Waals surface area contributed by atoms with E-state index in [9.17, 15) is 0 Å². The lowest BCUT2D eigenvalue weighted by molar-refractivity contribution is -0.571. The molecule has 14 aromatic rings. The van der Waals surface area contributed by atoms with E-state index in [1.165, 1.54) is 20.7 Å². The Bertz CT molecular complexity index is 5000. The molecule has 11 aromatic carbocycles. The molecule has 0 aliphatic heterocycles. The first-order valence-electron chi connectivity index (χ1n) is 32.3. The van der Waals surface area contributed by atoms with E-state index in [4.69, 9.17) is 23.4 Å². The second-order valence-electron chi connectivity index (χ2n) is 21.4.